The van der Waals surface area contributed by atoms with Crippen molar-refractivity contribution in [3.05, 3.63) is 53.0 Å². The molecule has 0 fully saturated rings. The predicted octanol–water partition coefficient (Wildman–Crippen LogP) is 4.93. The quantitative estimate of drug-likeness (QED) is 0.739. The van der Waals surface area contributed by atoms with Gasteiger partial charge >= 0.3 is 0 Å². The molecule has 0 amide bonds. The van der Waals surface area contributed by atoms with Gasteiger partial charge in [0, 0.05) is 24.3 Å². The van der Waals surface area contributed by atoms with E-state index in [9.17, 15) is 0 Å². The summed E-state index contributed by atoms with van der Waals surface area (Å²) in [5.41, 5.74) is 2.84. The minimum Gasteiger partial charge on any atom is -0.378 e. The number of azo groups is 1. The molecule has 0 aliphatic carbocycles. The van der Waals surface area contributed by atoms with Gasteiger partial charge in [0.2, 0.25) is 0 Å². The van der Waals surface area contributed by atoms with Crippen molar-refractivity contribution in [3.63, 3.8) is 0 Å². The molecule has 92 valence electrons. The fraction of sp³-hybridized carbons (Fsp3) is 0.143. The van der Waals surface area contributed by atoms with Crippen molar-refractivity contribution in [1.29, 1.82) is 0 Å². The summed E-state index contributed by atoms with van der Waals surface area (Å²) in [7, 11) is 4.02. The number of anilines is 1. The number of benzene rings is 2. The van der Waals surface area contributed by atoms with Gasteiger partial charge in [-0.15, -0.1) is 0 Å². The van der Waals surface area contributed by atoms with Crippen LogP contribution in [0.1, 0.15) is 0 Å². The molecule has 0 saturated carbocycles. The summed E-state index contributed by atoms with van der Waals surface area (Å²) in [4.78, 5) is 2.05. The standard InChI is InChI=1S/C14H14BrN3/c1-18(2)14-9-7-13(8-10-14)17-16-12-5-3-11(15)4-6-12/h3-10H,1-2H3. The molecule has 0 radical (unpaired) electrons. The largest absolute Gasteiger partial charge is 0.378 e. The van der Waals surface area contributed by atoms with E-state index in [0.717, 1.165) is 21.5 Å². The molecule has 2 rings (SSSR count). The van der Waals surface area contributed by atoms with Gasteiger partial charge in [0.25, 0.3) is 0 Å². The lowest BCUT2D eigenvalue weighted by Gasteiger charge is -2.11. The Hall–Kier alpha value is -1.68. The van der Waals surface area contributed by atoms with Crippen LogP contribution in [0.15, 0.2) is 63.2 Å². The molecular formula is C14H14BrN3. The molecule has 0 aliphatic heterocycles. The van der Waals surface area contributed by atoms with Gasteiger partial charge in [-0.2, -0.15) is 10.2 Å². The van der Waals surface area contributed by atoms with Gasteiger partial charge in [0.05, 0.1) is 11.4 Å². The van der Waals surface area contributed by atoms with Crippen LogP contribution in [0.5, 0.6) is 0 Å². The molecule has 0 aromatic heterocycles. The molecule has 2 aromatic rings. The fourth-order valence-corrected chi connectivity index (χ4v) is 1.71. The Bertz CT molecular complexity index is 530. The highest BCUT2D eigenvalue weighted by molar-refractivity contribution is 9.10. The first-order chi connectivity index (χ1) is 8.65. The van der Waals surface area contributed by atoms with Crippen LogP contribution in [0, 0.1) is 0 Å². The van der Waals surface area contributed by atoms with Crippen molar-refractivity contribution < 1.29 is 0 Å². The van der Waals surface area contributed by atoms with E-state index in [1.165, 1.54) is 0 Å². The number of rotatable bonds is 3. The lowest BCUT2D eigenvalue weighted by atomic mass is 10.3. The summed E-state index contributed by atoms with van der Waals surface area (Å²) in [6.45, 7) is 0. The summed E-state index contributed by atoms with van der Waals surface area (Å²) < 4.78 is 1.04. The maximum absolute atomic E-state index is 4.20. The fourth-order valence-electron chi connectivity index (χ4n) is 1.44. The van der Waals surface area contributed by atoms with Gasteiger partial charge in [0.1, 0.15) is 0 Å². The second-order valence-electron chi connectivity index (χ2n) is 4.09. The lowest BCUT2D eigenvalue weighted by molar-refractivity contribution is 1.13. The zero-order chi connectivity index (χ0) is 13.0. The molecule has 0 N–H and O–H groups in total. The Kier molecular flexibility index (Phi) is 4.10. The first-order valence-electron chi connectivity index (χ1n) is 5.60. The molecule has 2 aromatic carbocycles. The van der Waals surface area contributed by atoms with Gasteiger partial charge in [-0.3, -0.25) is 0 Å². The number of hydrogen-bond donors (Lipinski definition) is 0. The molecule has 0 spiro atoms. The molecule has 0 heterocycles. The van der Waals surface area contributed by atoms with Crippen LogP contribution in [0.2, 0.25) is 0 Å². The second kappa shape index (κ2) is 5.78. The zero-order valence-electron chi connectivity index (χ0n) is 10.3. The SMILES string of the molecule is CN(C)c1ccc(N=Nc2ccc(Br)cc2)cc1. The molecule has 3 nitrogen and oxygen atoms in total. The average Bonchev–Trinajstić information content (AvgIpc) is 2.38. The van der Waals surface area contributed by atoms with E-state index in [2.05, 4.69) is 31.1 Å². The number of nitrogens with zero attached hydrogens (tertiary/aromatic N) is 3. The van der Waals surface area contributed by atoms with Crippen LogP contribution in [0.25, 0.3) is 0 Å². The first-order valence-corrected chi connectivity index (χ1v) is 6.39. The highest BCUT2D eigenvalue weighted by atomic mass is 79.9. The predicted molar refractivity (Wildman–Crippen MR) is 79.1 cm³/mol. The molecule has 0 atom stereocenters. The van der Waals surface area contributed by atoms with E-state index < -0.39 is 0 Å². The monoisotopic (exact) mass is 303 g/mol. The minimum absolute atomic E-state index is 0.842. The highest BCUT2D eigenvalue weighted by Crippen LogP contribution is 2.22. The Morgan fingerprint density at radius 3 is 1.67 bits per heavy atom. The lowest BCUT2D eigenvalue weighted by Crippen LogP contribution is -2.07. The van der Waals surface area contributed by atoms with Crippen molar-refractivity contribution >= 4 is 33.0 Å². The van der Waals surface area contributed by atoms with Gasteiger partial charge < -0.3 is 4.90 Å². The Balaban J connectivity index is 2.11. The topological polar surface area (TPSA) is 28.0 Å². The smallest absolute Gasteiger partial charge is 0.0858 e. The third kappa shape index (κ3) is 3.40. The molecule has 0 aliphatic rings. The Morgan fingerprint density at radius 2 is 1.22 bits per heavy atom. The van der Waals surface area contributed by atoms with Gasteiger partial charge in [-0.25, -0.2) is 0 Å². The van der Waals surface area contributed by atoms with Crippen LogP contribution in [-0.4, -0.2) is 14.1 Å². The average molecular weight is 304 g/mol. The van der Waals surface area contributed by atoms with Crippen molar-refractivity contribution in [3.8, 4) is 0 Å². The van der Waals surface area contributed by atoms with Crippen molar-refractivity contribution in [2.75, 3.05) is 19.0 Å². The molecule has 4 heteroatoms. The molecule has 0 bridgehead atoms. The van der Waals surface area contributed by atoms with E-state index in [1.807, 2.05) is 62.6 Å². The van der Waals surface area contributed by atoms with E-state index >= 15 is 0 Å². The van der Waals surface area contributed by atoms with Crippen LogP contribution in [0.4, 0.5) is 17.1 Å². The second-order valence-corrected chi connectivity index (χ2v) is 5.00. The van der Waals surface area contributed by atoms with Crippen molar-refractivity contribution in [2.45, 2.75) is 0 Å². The summed E-state index contributed by atoms with van der Waals surface area (Å²) >= 11 is 3.39. The first kappa shape index (κ1) is 12.8. The van der Waals surface area contributed by atoms with E-state index in [-0.39, 0.29) is 0 Å². The maximum Gasteiger partial charge on any atom is 0.0858 e. The van der Waals surface area contributed by atoms with E-state index in [4.69, 9.17) is 0 Å². The summed E-state index contributed by atoms with van der Waals surface area (Å²) in [5.74, 6) is 0. The Labute approximate surface area is 115 Å². The van der Waals surface area contributed by atoms with Crippen LogP contribution in [-0.2, 0) is 0 Å². The minimum atomic E-state index is 0.842. The van der Waals surface area contributed by atoms with Crippen molar-refractivity contribution in [1.82, 2.24) is 0 Å². The van der Waals surface area contributed by atoms with Gasteiger partial charge in [-0.05, 0) is 48.5 Å². The maximum atomic E-state index is 4.20. The third-order valence-electron chi connectivity index (χ3n) is 2.47. The van der Waals surface area contributed by atoms with E-state index in [1.54, 1.807) is 0 Å². The number of hydrogen-bond acceptors (Lipinski definition) is 3. The molecular weight excluding hydrogens is 290 g/mol. The summed E-state index contributed by atoms with van der Waals surface area (Å²) in [6, 6.07) is 15.7. The van der Waals surface area contributed by atoms with E-state index in [0.29, 0.717) is 0 Å². The summed E-state index contributed by atoms with van der Waals surface area (Å²) in [5, 5.41) is 8.38. The molecule has 18 heavy (non-hydrogen) atoms. The molecule has 0 unspecified atom stereocenters. The van der Waals surface area contributed by atoms with Crippen molar-refractivity contribution in [2.24, 2.45) is 10.2 Å². The normalized spacial score (nSPS) is 10.8. The van der Waals surface area contributed by atoms with Crippen LogP contribution < -0.4 is 4.90 Å². The van der Waals surface area contributed by atoms with Gasteiger partial charge in [-0.1, -0.05) is 15.9 Å². The summed E-state index contributed by atoms with van der Waals surface area (Å²) in [6.07, 6.45) is 0. The third-order valence-corrected chi connectivity index (χ3v) is 3.00. The van der Waals surface area contributed by atoms with Crippen LogP contribution >= 0.6 is 15.9 Å². The number of halogens is 1. The van der Waals surface area contributed by atoms with Gasteiger partial charge in [0.15, 0.2) is 0 Å². The Morgan fingerprint density at radius 1 is 0.778 bits per heavy atom. The molecule has 0 saturated heterocycles. The zero-order valence-corrected chi connectivity index (χ0v) is 11.9. The highest BCUT2D eigenvalue weighted by Gasteiger charge is 1.95. The van der Waals surface area contributed by atoms with Crippen LogP contribution in [0.3, 0.4) is 0 Å².